The minimum atomic E-state index is -0.873. The molecule has 1 heterocycles. The summed E-state index contributed by atoms with van der Waals surface area (Å²) in [6.45, 7) is 0. The van der Waals surface area contributed by atoms with Gasteiger partial charge in [-0.1, -0.05) is 19.3 Å². The van der Waals surface area contributed by atoms with Crippen molar-refractivity contribution in [3.8, 4) is 0 Å². The lowest BCUT2D eigenvalue weighted by Gasteiger charge is -2.37. The molecule has 1 aromatic heterocycles. The Morgan fingerprint density at radius 1 is 1.18 bits per heavy atom. The number of aliphatic carboxylic acids is 1. The molecule has 3 rings (SSSR count). The molecule has 118 valence electrons. The number of nitrogens with zero attached hydrogens (tertiary/aromatic N) is 2. The Morgan fingerprint density at radius 3 is 2.36 bits per heavy atom. The van der Waals surface area contributed by atoms with E-state index in [2.05, 4.69) is 15.3 Å². The van der Waals surface area contributed by atoms with Crippen molar-refractivity contribution in [1.29, 1.82) is 0 Å². The molecule has 0 unspecified atom stereocenters. The van der Waals surface area contributed by atoms with E-state index in [0.717, 1.165) is 37.9 Å². The SMILES string of the molecule is O=C(O)CC1(NC(=O)c2cnc(C3CC3)nc2)CCCCC1. The molecule has 6 heteroatoms. The standard InChI is InChI=1S/C16H21N3O3/c20-13(21)8-16(6-2-1-3-7-16)19-15(22)12-9-17-14(18-10-12)11-4-5-11/h9-11H,1-8H2,(H,19,22)(H,20,21). The fourth-order valence-corrected chi connectivity index (χ4v) is 3.18. The number of aromatic nitrogens is 2. The van der Waals surface area contributed by atoms with E-state index in [0.29, 0.717) is 24.3 Å². The van der Waals surface area contributed by atoms with E-state index in [1.54, 1.807) is 12.4 Å². The van der Waals surface area contributed by atoms with Crippen molar-refractivity contribution >= 4 is 11.9 Å². The monoisotopic (exact) mass is 303 g/mol. The number of rotatable bonds is 5. The van der Waals surface area contributed by atoms with Gasteiger partial charge in [0, 0.05) is 18.3 Å². The van der Waals surface area contributed by atoms with Crippen LogP contribution in [-0.4, -0.2) is 32.5 Å². The molecule has 2 aliphatic carbocycles. The van der Waals surface area contributed by atoms with Crippen LogP contribution < -0.4 is 5.32 Å². The highest BCUT2D eigenvalue weighted by Gasteiger charge is 2.36. The first kappa shape index (κ1) is 14.9. The van der Waals surface area contributed by atoms with Crippen molar-refractivity contribution in [1.82, 2.24) is 15.3 Å². The van der Waals surface area contributed by atoms with Crippen molar-refractivity contribution in [3.63, 3.8) is 0 Å². The van der Waals surface area contributed by atoms with E-state index in [4.69, 9.17) is 5.11 Å². The third kappa shape index (κ3) is 3.43. The van der Waals surface area contributed by atoms with Crippen LogP contribution in [0.1, 0.15) is 73.5 Å². The molecule has 1 amide bonds. The van der Waals surface area contributed by atoms with Crippen LogP contribution in [0, 0.1) is 0 Å². The van der Waals surface area contributed by atoms with Crippen molar-refractivity contribution in [3.05, 3.63) is 23.8 Å². The highest BCUT2D eigenvalue weighted by atomic mass is 16.4. The molecule has 2 aliphatic rings. The Bertz CT molecular complexity index is 561. The van der Waals surface area contributed by atoms with Crippen LogP contribution in [0.5, 0.6) is 0 Å². The van der Waals surface area contributed by atoms with Gasteiger partial charge >= 0.3 is 5.97 Å². The highest BCUT2D eigenvalue weighted by Crippen LogP contribution is 2.37. The lowest BCUT2D eigenvalue weighted by atomic mass is 9.79. The lowest BCUT2D eigenvalue weighted by Crippen LogP contribution is -2.51. The van der Waals surface area contributed by atoms with Crippen LogP contribution in [0.3, 0.4) is 0 Å². The fourth-order valence-electron chi connectivity index (χ4n) is 3.18. The number of carboxylic acids is 1. The average Bonchev–Trinajstić information content (AvgIpc) is 3.32. The number of carbonyl (C=O) groups excluding carboxylic acids is 1. The molecular formula is C16H21N3O3. The van der Waals surface area contributed by atoms with Crippen LogP contribution in [0.2, 0.25) is 0 Å². The smallest absolute Gasteiger partial charge is 0.305 e. The van der Waals surface area contributed by atoms with Gasteiger partial charge in [-0.2, -0.15) is 0 Å². The molecule has 1 aromatic rings. The van der Waals surface area contributed by atoms with E-state index in [1.807, 2.05) is 0 Å². The number of carboxylic acid groups (broad SMARTS) is 1. The molecule has 0 aromatic carbocycles. The predicted molar refractivity (Wildman–Crippen MR) is 79.5 cm³/mol. The van der Waals surface area contributed by atoms with Crippen LogP contribution >= 0.6 is 0 Å². The molecule has 22 heavy (non-hydrogen) atoms. The zero-order chi connectivity index (χ0) is 15.6. The van der Waals surface area contributed by atoms with E-state index >= 15 is 0 Å². The summed E-state index contributed by atoms with van der Waals surface area (Å²) < 4.78 is 0. The molecule has 2 fully saturated rings. The summed E-state index contributed by atoms with van der Waals surface area (Å²) in [6, 6.07) is 0. The van der Waals surface area contributed by atoms with Gasteiger partial charge in [0.2, 0.25) is 0 Å². The zero-order valence-corrected chi connectivity index (χ0v) is 12.5. The largest absolute Gasteiger partial charge is 0.481 e. The average molecular weight is 303 g/mol. The summed E-state index contributed by atoms with van der Waals surface area (Å²) in [5.41, 5.74) is -0.226. The first-order chi connectivity index (χ1) is 10.6. The maximum absolute atomic E-state index is 12.4. The van der Waals surface area contributed by atoms with Gasteiger partial charge < -0.3 is 10.4 Å². The first-order valence-corrected chi connectivity index (χ1v) is 7.94. The highest BCUT2D eigenvalue weighted by molar-refractivity contribution is 5.94. The molecule has 2 saturated carbocycles. The number of hydrogen-bond acceptors (Lipinski definition) is 4. The molecule has 0 spiro atoms. The summed E-state index contributed by atoms with van der Waals surface area (Å²) in [6.07, 6.45) is 9.73. The van der Waals surface area contributed by atoms with Crippen molar-refractivity contribution < 1.29 is 14.7 Å². The normalized spacial score (nSPS) is 20.4. The third-order valence-electron chi connectivity index (χ3n) is 4.56. The number of amides is 1. The maximum Gasteiger partial charge on any atom is 0.305 e. The van der Waals surface area contributed by atoms with Gasteiger partial charge in [0.05, 0.1) is 17.5 Å². The number of carbonyl (C=O) groups is 2. The second kappa shape index (κ2) is 6.02. The Hall–Kier alpha value is -1.98. The first-order valence-electron chi connectivity index (χ1n) is 7.94. The second-order valence-corrected chi connectivity index (χ2v) is 6.47. The minimum absolute atomic E-state index is 0.0280. The van der Waals surface area contributed by atoms with Gasteiger partial charge in [0.15, 0.2) is 0 Å². The van der Waals surface area contributed by atoms with Gasteiger partial charge in [-0.05, 0) is 25.7 Å². The molecule has 0 bridgehead atoms. The van der Waals surface area contributed by atoms with E-state index in [1.165, 1.54) is 0 Å². The Kier molecular flexibility index (Phi) is 4.09. The maximum atomic E-state index is 12.4. The van der Waals surface area contributed by atoms with Crippen molar-refractivity contribution in [2.45, 2.75) is 62.8 Å². The van der Waals surface area contributed by atoms with Gasteiger partial charge in [0.25, 0.3) is 5.91 Å². The summed E-state index contributed by atoms with van der Waals surface area (Å²) in [5.74, 6) is 0.108. The van der Waals surface area contributed by atoms with E-state index in [9.17, 15) is 9.59 Å². The van der Waals surface area contributed by atoms with Gasteiger partial charge in [-0.25, -0.2) is 9.97 Å². The molecule has 6 nitrogen and oxygen atoms in total. The van der Waals surface area contributed by atoms with E-state index < -0.39 is 11.5 Å². The number of nitrogens with one attached hydrogen (secondary N) is 1. The molecule has 0 atom stereocenters. The fraction of sp³-hybridized carbons (Fsp3) is 0.625. The van der Waals surface area contributed by atoms with Crippen LogP contribution in [0.4, 0.5) is 0 Å². The summed E-state index contributed by atoms with van der Waals surface area (Å²) in [4.78, 5) is 32.1. The Morgan fingerprint density at radius 2 is 1.82 bits per heavy atom. The van der Waals surface area contributed by atoms with Gasteiger partial charge in [-0.3, -0.25) is 9.59 Å². The quantitative estimate of drug-likeness (QED) is 0.870. The van der Waals surface area contributed by atoms with Crippen LogP contribution in [-0.2, 0) is 4.79 Å². The Labute approximate surface area is 129 Å². The third-order valence-corrected chi connectivity index (χ3v) is 4.56. The van der Waals surface area contributed by atoms with Crippen molar-refractivity contribution in [2.24, 2.45) is 0 Å². The summed E-state index contributed by atoms with van der Waals surface area (Å²) in [5, 5.41) is 12.1. The molecule has 2 N–H and O–H groups in total. The predicted octanol–water partition coefficient (Wildman–Crippen LogP) is 2.26. The van der Waals surface area contributed by atoms with E-state index in [-0.39, 0.29) is 12.3 Å². The van der Waals surface area contributed by atoms with Gasteiger partial charge in [0.1, 0.15) is 5.82 Å². The number of hydrogen-bond donors (Lipinski definition) is 2. The van der Waals surface area contributed by atoms with Crippen molar-refractivity contribution in [2.75, 3.05) is 0 Å². The zero-order valence-electron chi connectivity index (χ0n) is 12.5. The molecule has 0 saturated heterocycles. The second-order valence-electron chi connectivity index (χ2n) is 6.47. The Balaban J connectivity index is 1.70. The molecule has 0 aliphatic heterocycles. The minimum Gasteiger partial charge on any atom is -0.481 e. The van der Waals surface area contributed by atoms with Crippen LogP contribution in [0.25, 0.3) is 0 Å². The molecular weight excluding hydrogens is 282 g/mol. The van der Waals surface area contributed by atoms with Crippen LogP contribution in [0.15, 0.2) is 12.4 Å². The summed E-state index contributed by atoms with van der Waals surface area (Å²) >= 11 is 0. The topological polar surface area (TPSA) is 92.2 Å². The lowest BCUT2D eigenvalue weighted by molar-refractivity contribution is -0.139. The molecule has 0 radical (unpaired) electrons. The summed E-state index contributed by atoms with van der Waals surface area (Å²) in [7, 11) is 0. The van der Waals surface area contributed by atoms with Gasteiger partial charge in [-0.15, -0.1) is 0 Å².